The summed E-state index contributed by atoms with van der Waals surface area (Å²) in [5.41, 5.74) is 8.24. The number of nitrogens with zero attached hydrogens (tertiary/aromatic N) is 1. The monoisotopic (exact) mass is 569 g/mol. The summed E-state index contributed by atoms with van der Waals surface area (Å²) in [4.78, 5) is 2.29. The molecule has 0 radical (unpaired) electrons. The molecule has 0 amide bonds. The second-order valence-electron chi connectivity index (χ2n) is 11.6. The van der Waals surface area contributed by atoms with Crippen LogP contribution in [-0.4, -0.2) is 33.0 Å². The quantitative estimate of drug-likeness (QED) is 0.132. The van der Waals surface area contributed by atoms with Gasteiger partial charge >= 0.3 is 0 Å². The molecule has 0 aromatic heterocycles. The van der Waals surface area contributed by atoms with Crippen molar-refractivity contribution in [2.24, 2.45) is 5.41 Å². The summed E-state index contributed by atoms with van der Waals surface area (Å²) in [5.74, 6) is 0.865. The average Bonchev–Trinajstić information content (AvgIpc) is 3.05. The molecule has 5 aromatic carbocycles. The second-order valence-corrected chi connectivity index (χ2v) is 11.6. The summed E-state index contributed by atoms with van der Waals surface area (Å²) in [6.45, 7) is 6.00. The Morgan fingerprint density at radius 2 is 1.12 bits per heavy atom. The van der Waals surface area contributed by atoms with Gasteiger partial charge in [-0.1, -0.05) is 97.9 Å². The molecule has 0 aliphatic carbocycles. The molecule has 1 saturated heterocycles. The third kappa shape index (κ3) is 7.34. The first kappa shape index (κ1) is 28.7. The Hall–Kier alpha value is -4.38. The lowest BCUT2D eigenvalue weighted by Gasteiger charge is -2.37. The maximum Gasteiger partial charge on any atom is 0.121 e. The van der Waals surface area contributed by atoms with Crippen molar-refractivity contribution in [3.63, 3.8) is 0 Å². The van der Waals surface area contributed by atoms with Crippen molar-refractivity contribution < 1.29 is 14.2 Å². The van der Waals surface area contributed by atoms with E-state index in [1.165, 1.54) is 22.3 Å². The lowest BCUT2D eigenvalue weighted by Crippen LogP contribution is -2.43. The molecule has 4 heteroatoms. The zero-order valence-electron chi connectivity index (χ0n) is 24.8. The van der Waals surface area contributed by atoms with Gasteiger partial charge in [-0.15, -0.1) is 0 Å². The van der Waals surface area contributed by atoms with Gasteiger partial charge in [0.2, 0.25) is 0 Å². The molecule has 0 saturated carbocycles. The van der Waals surface area contributed by atoms with Gasteiger partial charge in [0.05, 0.1) is 26.4 Å². The fraction of sp³-hybridized carbons (Fsp3) is 0.231. The van der Waals surface area contributed by atoms with E-state index in [1.807, 2.05) is 18.2 Å². The van der Waals surface area contributed by atoms with Gasteiger partial charge in [-0.2, -0.15) is 0 Å². The van der Waals surface area contributed by atoms with Gasteiger partial charge in [0, 0.05) is 35.2 Å². The molecule has 0 N–H and O–H groups in total. The molecule has 0 spiro atoms. The van der Waals surface area contributed by atoms with Crippen molar-refractivity contribution in [1.29, 1.82) is 0 Å². The van der Waals surface area contributed by atoms with Crippen molar-refractivity contribution in [3.05, 3.63) is 133 Å². The molecule has 6 rings (SSSR count). The van der Waals surface area contributed by atoms with Crippen LogP contribution in [0.25, 0.3) is 22.3 Å². The van der Waals surface area contributed by atoms with Gasteiger partial charge in [0.15, 0.2) is 0 Å². The van der Waals surface area contributed by atoms with E-state index in [0.29, 0.717) is 6.61 Å². The normalized spacial score (nSPS) is 13.7. The van der Waals surface area contributed by atoms with E-state index in [0.717, 1.165) is 62.1 Å². The molecule has 1 fully saturated rings. The zero-order chi connectivity index (χ0) is 29.3. The molecule has 0 atom stereocenters. The number of anilines is 3. The predicted octanol–water partition coefficient (Wildman–Crippen LogP) is 9.70. The highest BCUT2D eigenvalue weighted by atomic mass is 16.5. The van der Waals surface area contributed by atoms with Crippen molar-refractivity contribution in [2.75, 3.05) is 37.9 Å². The molecule has 1 aliphatic heterocycles. The minimum Gasteiger partial charge on any atom is -0.494 e. The first-order valence-electron chi connectivity index (χ1n) is 15.2. The maximum atomic E-state index is 6.20. The van der Waals surface area contributed by atoms with Gasteiger partial charge < -0.3 is 19.1 Å². The molecular weight excluding hydrogens is 530 g/mol. The minimum absolute atomic E-state index is 0.201. The van der Waals surface area contributed by atoms with Crippen LogP contribution in [0, 0.1) is 5.41 Å². The summed E-state index contributed by atoms with van der Waals surface area (Å²) in [5, 5.41) is 0. The van der Waals surface area contributed by atoms with Crippen molar-refractivity contribution in [3.8, 4) is 28.0 Å². The summed E-state index contributed by atoms with van der Waals surface area (Å²) in [7, 11) is 0. The standard InChI is InChI=1S/C39H39NO3/c1-39(29-42-30-39)28-41-25-8-9-26-43-38-16-10-15-37(27-38)40(35-21-17-33(18-22-35)31-11-4-2-5-12-31)36-23-19-34(20-24-36)32-13-6-3-7-14-32/h2-7,10-24,27H,8-9,25-26,28-30H2,1H3. The molecule has 0 bridgehead atoms. The van der Waals surface area contributed by atoms with Crippen LogP contribution in [0.5, 0.6) is 5.75 Å². The SMILES string of the molecule is CC1(COCCCCOc2cccc(N(c3ccc(-c4ccccc4)cc3)c3ccc(-c4ccccc4)cc3)c2)COC1. The Labute approximate surface area is 255 Å². The van der Waals surface area contributed by atoms with Crippen molar-refractivity contribution >= 4 is 17.1 Å². The van der Waals surface area contributed by atoms with E-state index in [-0.39, 0.29) is 5.41 Å². The van der Waals surface area contributed by atoms with Crippen LogP contribution in [0.2, 0.25) is 0 Å². The van der Waals surface area contributed by atoms with Gasteiger partial charge in [0.25, 0.3) is 0 Å². The number of hydrogen-bond acceptors (Lipinski definition) is 4. The van der Waals surface area contributed by atoms with E-state index in [4.69, 9.17) is 14.2 Å². The van der Waals surface area contributed by atoms with Crippen LogP contribution in [0.15, 0.2) is 133 Å². The van der Waals surface area contributed by atoms with Crippen LogP contribution in [0.1, 0.15) is 19.8 Å². The van der Waals surface area contributed by atoms with E-state index >= 15 is 0 Å². The maximum absolute atomic E-state index is 6.20. The number of ether oxygens (including phenoxy) is 3. The van der Waals surface area contributed by atoms with Crippen LogP contribution in [-0.2, 0) is 9.47 Å². The first-order chi connectivity index (χ1) is 21.2. The van der Waals surface area contributed by atoms with Crippen molar-refractivity contribution in [2.45, 2.75) is 19.8 Å². The average molecular weight is 570 g/mol. The van der Waals surface area contributed by atoms with Gasteiger partial charge in [-0.25, -0.2) is 0 Å². The Bertz CT molecular complexity index is 1480. The molecule has 5 aromatic rings. The van der Waals surface area contributed by atoms with Gasteiger partial charge in [-0.05, 0) is 71.5 Å². The van der Waals surface area contributed by atoms with Crippen LogP contribution >= 0.6 is 0 Å². The van der Waals surface area contributed by atoms with E-state index in [1.54, 1.807) is 0 Å². The lowest BCUT2D eigenvalue weighted by molar-refractivity contribution is -0.138. The third-order valence-electron chi connectivity index (χ3n) is 7.84. The summed E-state index contributed by atoms with van der Waals surface area (Å²) >= 11 is 0. The molecule has 218 valence electrons. The molecule has 1 heterocycles. The topological polar surface area (TPSA) is 30.9 Å². The Morgan fingerprint density at radius 1 is 0.581 bits per heavy atom. The molecule has 1 aliphatic rings. The second kappa shape index (κ2) is 13.7. The summed E-state index contributed by atoms with van der Waals surface area (Å²) < 4.78 is 17.4. The summed E-state index contributed by atoms with van der Waals surface area (Å²) in [6, 6.07) is 46.9. The Kier molecular flexibility index (Phi) is 9.17. The highest BCUT2D eigenvalue weighted by molar-refractivity contribution is 5.80. The molecule has 0 unspecified atom stereocenters. The fourth-order valence-electron chi connectivity index (χ4n) is 5.38. The van der Waals surface area contributed by atoms with Gasteiger partial charge in [-0.3, -0.25) is 0 Å². The third-order valence-corrected chi connectivity index (χ3v) is 7.84. The highest BCUT2D eigenvalue weighted by Gasteiger charge is 2.33. The molecule has 4 nitrogen and oxygen atoms in total. The smallest absolute Gasteiger partial charge is 0.121 e. The van der Waals surface area contributed by atoms with Crippen molar-refractivity contribution in [1.82, 2.24) is 0 Å². The lowest BCUT2D eigenvalue weighted by atomic mass is 9.90. The minimum atomic E-state index is 0.201. The molecular formula is C39H39NO3. The van der Waals surface area contributed by atoms with Gasteiger partial charge in [0.1, 0.15) is 5.75 Å². The number of benzene rings is 5. The largest absolute Gasteiger partial charge is 0.494 e. The highest BCUT2D eigenvalue weighted by Crippen LogP contribution is 2.38. The van der Waals surface area contributed by atoms with E-state index in [9.17, 15) is 0 Å². The zero-order valence-corrected chi connectivity index (χ0v) is 24.8. The summed E-state index contributed by atoms with van der Waals surface area (Å²) in [6.07, 6.45) is 1.92. The fourth-order valence-corrected chi connectivity index (χ4v) is 5.38. The molecule has 43 heavy (non-hydrogen) atoms. The Balaban J connectivity index is 1.18. The van der Waals surface area contributed by atoms with Crippen LogP contribution in [0.4, 0.5) is 17.1 Å². The number of rotatable bonds is 13. The van der Waals surface area contributed by atoms with E-state index < -0.39 is 0 Å². The van der Waals surface area contributed by atoms with Crippen LogP contribution < -0.4 is 9.64 Å². The Morgan fingerprint density at radius 3 is 1.65 bits per heavy atom. The van der Waals surface area contributed by atoms with E-state index in [2.05, 4.69) is 127 Å². The number of unbranched alkanes of at least 4 members (excludes halogenated alkanes) is 1. The first-order valence-corrected chi connectivity index (χ1v) is 15.2. The number of hydrogen-bond donors (Lipinski definition) is 0. The van der Waals surface area contributed by atoms with Crippen LogP contribution in [0.3, 0.4) is 0 Å². The predicted molar refractivity (Wildman–Crippen MR) is 176 cm³/mol.